The van der Waals surface area contributed by atoms with Gasteiger partial charge in [-0.25, -0.2) is 9.78 Å². The van der Waals surface area contributed by atoms with Gasteiger partial charge in [0, 0.05) is 17.4 Å². The Balaban J connectivity index is 1.35. The lowest BCUT2D eigenvalue weighted by atomic mass is 10.1. The molecular formula is C21H19F3N4O3. The predicted octanol–water partition coefficient (Wildman–Crippen LogP) is 3.80. The smallest absolute Gasteiger partial charge is 0.433 e. The van der Waals surface area contributed by atoms with Gasteiger partial charge in [0.15, 0.2) is 0 Å². The van der Waals surface area contributed by atoms with Crippen molar-refractivity contribution in [1.82, 2.24) is 15.0 Å². The van der Waals surface area contributed by atoms with Crippen LogP contribution in [0.5, 0.6) is 5.88 Å². The second kappa shape index (κ2) is 7.14. The number of ether oxygens (including phenoxy) is 1. The fourth-order valence-corrected chi connectivity index (χ4v) is 3.70. The fraction of sp³-hybridized carbons (Fsp3) is 0.381. The van der Waals surface area contributed by atoms with E-state index in [0.717, 1.165) is 18.9 Å². The van der Waals surface area contributed by atoms with Crippen molar-refractivity contribution in [2.24, 2.45) is 11.8 Å². The minimum Gasteiger partial charge on any atom is -0.477 e. The summed E-state index contributed by atoms with van der Waals surface area (Å²) >= 11 is 0. The monoisotopic (exact) mass is 432 g/mol. The highest BCUT2D eigenvalue weighted by molar-refractivity contribution is 6.01. The molecule has 0 radical (unpaired) electrons. The van der Waals surface area contributed by atoms with Crippen LogP contribution in [0.3, 0.4) is 0 Å². The number of fused-ring (bicyclic) bond motifs is 1. The third-order valence-corrected chi connectivity index (χ3v) is 5.67. The van der Waals surface area contributed by atoms with Gasteiger partial charge in [0.25, 0.3) is 0 Å². The molecule has 1 amide bonds. The number of nitrogens with one attached hydrogen (secondary N) is 3. The molecular weight excluding hydrogens is 413 g/mol. The maximum absolute atomic E-state index is 13.1. The molecule has 0 bridgehead atoms. The van der Waals surface area contributed by atoms with Crippen LogP contribution in [0.2, 0.25) is 0 Å². The van der Waals surface area contributed by atoms with Gasteiger partial charge in [-0.05, 0) is 43.4 Å². The first-order chi connectivity index (χ1) is 14.8. The van der Waals surface area contributed by atoms with Gasteiger partial charge in [-0.3, -0.25) is 4.79 Å². The third kappa shape index (κ3) is 4.01. The number of carbonyl (C=O) groups excluding carboxylic acids is 1. The van der Waals surface area contributed by atoms with Crippen LogP contribution in [0.4, 0.5) is 18.9 Å². The lowest BCUT2D eigenvalue weighted by Gasteiger charge is -2.13. The molecule has 0 aliphatic heterocycles. The molecule has 2 aliphatic rings. The van der Waals surface area contributed by atoms with Gasteiger partial charge in [0.1, 0.15) is 5.69 Å². The maximum Gasteiger partial charge on any atom is 0.433 e. The third-order valence-electron chi connectivity index (χ3n) is 5.67. The highest BCUT2D eigenvalue weighted by Gasteiger charge is 2.46. The van der Waals surface area contributed by atoms with Crippen molar-refractivity contribution in [1.29, 1.82) is 0 Å². The Morgan fingerprint density at radius 2 is 2.00 bits per heavy atom. The highest BCUT2D eigenvalue weighted by atomic mass is 19.4. The molecule has 2 saturated carbocycles. The molecule has 7 nitrogen and oxygen atoms in total. The van der Waals surface area contributed by atoms with Crippen LogP contribution in [0, 0.1) is 11.8 Å². The van der Waals surface area contributed by atoms with Gasteiger partial charge in [0.05, 0.1) is 23.3 Å². The summed E-state index contributed by atoms with van der Waals surface area (Å²) in [6.07, 6.45) is -2.09. The van der Waals surface area contributed by atoms with Crippen molar-refractivity contribution in [3.05, 3.63) is 52.1 Å². The number of imidazole rings is 1. The van der Waals surface area contributed by atoms with E-state index < -0.39 is 17.8 Å². The Morgan fingerprint density at radius 3 is 2.74 bits per heavy atom. The molecule has 3 N–H and O–H groups in total. The second-order valence-corrected chi connectivity index (χ2v) is 8.09. The number of rotatable bonds is 6. The number of carbonyl (C=O) groups is 1. The first kappa shape index (κ1) is 19.7. The Kier molecular flexibility index (Phi) is 4.53. The number of benzene rings is 1. The zero-order chi connectivity index (χ0) is 21.8. The minimum atomic E-state index is -4.57. The molecule has 2 atom stereocenters. The number of hydrogen-bond acceptors (Lipinski definition) is 4. The number of hydrogen-bond donors (Lipinski definition) is 3. The standard InChI is InChI=1S/C21H19F3N4O3/c22-21(23,24)16-7-6-11(19(27-16)31-9-10-4-5-10)12-8-13(12)18(29)25-14-2-1-3-15-17(14)28-20(30)26-15/h1-3,6-7,10,12-13H,4-5,8-9H2,(H,25,29)(H2,26,28,30). The van der Waals surface area contributed by atoms with Crippen molar-refractivity contribution >= 4 is 22.6 Å². The fourth-order valence-electron chi connectivity index (χ4n) is 3.70. The molecule has 1 aromatic carbocycles. The van der Waals surface area contributed by atoms with Crippen LogP contribution in [0.1, 0.15) is 36.4 Å². The minimum absolute atomic E-state index is 0.0425. The molecule has 2 aromatic heterocycles. The van der Waals surface area contributed by atoms with Crippen molar-refractivity contribution in [2.75, 3.05) is 11.9 Å². The summed E-state index contributed by atoms with van der Waals surface area (Å²) in [6.45, 7) is 0.327. The molecule has 2 aliphatic carbocycles. The van der Waals surface area contributed by atoms with Crippen LogP contribution in [-0.4, -0.2) is 27.5 Å². The molecule has 10 heteroatoms. The van der Waals surface area contributed by atoms with Gasteiger partial charge in [-0.2, -0.15) is 13.2 Å². The number of halogens is 3. The van der Waals surface area contributed by atoms with Crippen LogP contribution in [-0.2, 0) is 11.0 Å². The number of anilines is 1. The zero-order valence-corrected chi connectivity index (χ0v) is 16.3. The Hall–Kier alpha value is -3.30. The summed E-state index contributed by atoms with van der Waals surface area (Å²) in [5.74, 6) is -0.644. The number of alkyl halides is 3. The molecule has 2 heterocycles. The van der Waals surface area contributed by atoms with E-state index in [9.17, 15) is 22.8 Å². The first-order valence-electron chi connectivity index (χ1n) is 10.0. The molecule has 162 valence electrons. The second-order valence-electron chi connectivity index (χ2n) is 8.09. The lowest BCUT2D eigenvalue weighted by Crippen LogP contribution is -2.16. The molecule has 0 saturated heterocycles. The number of para-hydroxylation sites is 1. The SMILES string of the molecule is O=C(Nc1cccc2[nH]c(=O)[nH]c12)C1CC1c1ccc(C(F)(F)F)nc1OCC1CC1. The predicted molar refractivity (Wildman–Crippen MR) is 106 cm³/mol. The average Bonchev–Trinajstić information content (AvgIpc) is 3.63. The van der Waals surface area contributed by atoms with E-state index in [1.54, 1.807) is 18.2 Å². The maximum atomic E-state index is 13.1. The van der Waals surface area contributed by atoms with Gasteiger partial charge in [-0.15, -0.1) is 0 Å². The lowest BCUT2D eigenvalue weighted by molar-refractivity contribution is -0.141. The van der Waals surface area contributed by atoms with E-state index in [-0.39, 0.29) is 23.4 Å². The van der Waals surface area contributed by atoms with Crippen LogP contribution in [0.15, 0.2) is 35.1 Å². The van der Waals surface area contributed by atoms with Gasteiger partial charge in [0.2, 0.25) is 11.8 Å². The van der Waals surface area contributed by atoms with Gasteiger partial charge < -0.3 is 20.0 Å². The summed E-state index contributed by atoms with van der Waals surface area (Å²) in [7, 11) is 0. The summed E-state index contributed by atoms with van der Waals surface area (Å²) in [5, 5.41) is 2.80. The summed E-state index contributed by atoms with van der Waals surface area (Å²) in [6, 6.07) is 7.37. The Labute approximate surface area is 174 Å². The topological polar surface area (TPSA) is 99.9 Å². The van der Waals surface area contributed by atoms with E-state index >= 15 is 0 Å². The molecule has 3 aromatic rings. The molecule has 2 fully saturated rings. The summed E-state index contributed by atoms with van der Waals surface area (Å²) < 4.78 is 44.9. The van der Waals surface area contributed by atoms with Crippen molar-refractivity contribution in [2.45, 2.75) is 31.4 Å². The highest BCUT2D eigenvalue weighted by Crippen LogP contribution is 2.51. The van der Waals surface area contributed by atoms with Gasteiger partial charge >= 0.3 is 11.9 Å². The van der Waals surface area contributed by atoms with Crippen LogP contribution in [0.25, 0.3) is 11.0 Å². The summed E-state index contributed by atoms with van der Waals surface area (Å²) in [4.78, 5) is 33.3. The van der Waals surface area contributed by atoms with Crippen molar-refractivity contribution in [3.8, 4) is 5.88 Å². The molecule has 2 unspecified atom stereocenters. The zero-order valence-electron chi connectivity index (χ0n) is 16.3. The largest absolute Gasteiger partial charge is 0.477 e. The quantitative estimate of drug-likeness (QED) is 0.552. The molecule has 5 rings (SSSR count). The molecule has 31 heavy (non-hydrogen) atoms. The van der Waals surface area contributed by atoms with E-state index in [1.807, 2.05) is 0 Å². The first-order valence-corrected chi connectivity index (χ1v) is 10.0. The number of H-pyrrole nitrogens is 2. The number of amides is 1. The van der Waals surface area contributed by atoms with E-state index in [0.29, 0.717) is 41.2 Å². The number of nitrogens with zero attached hydrogens (tertiary/aromatic N) is 1. The van der Waals surface area contributed by atoms with Crippen molar-refractivity contribution < 1.29 is 22.7 Å². The number of aromatic amines is 2. The van der Waals surface area contributed by atoms with Crippen molar-refractivity contribution in [3.63, 3.8) is 0 Å². The van der Waals surface area contributed by atoms with Gasteiger partial charge in [-0.1, -0.05) is 12.1 Å². The van der Waals surface area contributed by atoms with Crippen LogP contribution >= 0.6 is 0 Å². The van der Waals surface area contributed by atoms with E-state index in [4.69, 9.17) is 4.74 Å². The number of pyridine rings is 1. The molecule has 0 spiro atoms. The Morgan fingerprint density at radius 1 is 1.19 bits per heavy atom. The van der Waals surface area contributed by atoms with E-state index in [2.05, 4.69) is 20.3 Å². The number of aromatic nitrogens is 3. The van der Waals surface area contributed by atoms with E-state index in [1.165, 1.54) is 6.07 Å². The Bertz CT molecular complexity index is 1210. The average molecular weight is 432 g/mol. The van der Waals surface area contributed by atoms with Crippen LogP contribution < -0.4 is 15.7 Å². The normalized spacial score (nSPS) is 20.6. The summed E-state index contributed by atoms with van der Waals surface area (Å²) in [5.41, 5.74) is 0.644.